The molecule has 0 bridgehead atoms. The quantitative estimate of drug-likeness (QED) is 0.847. The third-order valence-corrected chi connectivity index (χ3v) is 3.41. The van der Waals surface area contributed by atoms with Gasteiger partial charge in [-0.25, -0.2) is 4.39 Å². The average Bonchev–Trinajstić information content (AvgIpc) is 2.97. The van der Waals surface area contributed by atoms with Crippen LogP contribution < -0.4 is 0 Å². The Kier molecular flexibility index (Phi) is 2.81. The van der Waals surface area contributed by atoms with Crippen molar-refractivity contribution in [2.45, 2.75) is 37.8 Å². The Morgan fingerprint density at radius 1 is 1.53 bits per heavy atom. The molecule has 1 saturated carbocycles. The van der Waals surface area contributed by atoms with E-state index in [2.05, 4.69) is 0 Å². The molecule has 4 heteroatoms. The largest absolute Gasteiger partial charge is 0.508 e. The summed E-state index contributed by atoms with van der Waals surface area (Å²) in [5.41, 5.74) is 0.708. The number of carbonyl (C=O) groups is 1. The first-order valence-electron chi connectivity index (χ1n) is 5.64. The number of hydrogen-bond acceptors (Lipinski definition) is 2. The highest BCUT2D eigenvalue weighted by molar-refractivity contribution is 5.70. The molecule has 0 spiro atoms. The first-order valence-corrected chi connectivity index (χ1v) is 5.64. The minimum absolute atomic E-state index is 0.0673. The molecule has 0 amide bonds. The smallest absolute Gasteiger partial charge is 0.304 e. The number of alkyl halides is 1. The van der Waals surface area contributed by atoms with Gasteiger partial charge in [-0.1, -0.05) is 6.07 Å². The standard InChI is InChI=1S/C13H15FO3/c1-8(14)10-6-9(2-3-11(10)15)13(4-5-13)7-12(16)17/h2-3,6,8,15H,4-5,7H2,1H3,(H,16,17). The Hall–Kier alpha value is -1.58. The van der Waals surface area contributed by atoms with Crippen LogP contribution in [-0.2, 0) is 10.2 Å². The Bertz CT molecular complexity index is 450. The van der Waals surface area contributed by atoms with Crippen LogP contribution in [0.15, 0.2) is 18.2 Å². The lowest BCUT2D eigenvalue weighted by atomic mass is 9.90. The molecule has 0 aromatic heterocycles. The van der Waals surface area contributed by atoms with Crippen molar-refractivity contribution in [2.24, 2.45) is 0 Å². The van der Waals surface area contributed by atoms with Gasteiger partial charge in [0.1, 0.15) is 11.9 Å². The Labute approximate surface area is 98.9 Å². The summed E-state index contributed by atoms with van der Waals surface area (Å²) in [4.78, 5) is 10.8. The molecule has 1 atom stereocenters. The molecule has 1 unspecified atom stereocenters. The summed E-state index contributed by atoms with van der Waals surface area (Å²) in [5.74, 6) is -0.916. The minimum atomic E-state index is -1.25. The van der Waals surface area contributed by atoms with E-state index in [1.54, 1.807) is 12.1 Å². The number of benzene rings is 1. The van der Waals surface area contributed by atoms with Crippen molar-refractivity contribution in [1.82, 2.24) is 0 Å². The zero-order chi connectivity index (χ0) is 12.6. The molecule has 3 nitrogen and oxygen atoms in total. The predicted molar refractivity (Wildman–Crippen MR) is 60.8 cm³/mol. The maximum Gasteiger partial charge on any atom is 0.304 e. The highest BCUT2D eigenvalue weighted by Crippen LogP contribution is 2.52. The number of phenols is 1. The van der Waals surface area contributed by atoms with E-state index in [1.807, 2.05) is 0 Å². The zero-order valence-corrected chi connectivity index (χ0v) is 9.61. The topological polar surface area (TPSA) is 57.5 Å². The summed E-state index contributed by atoms with van der Waals surface area (Å²) in [6, 6.07) is 4.73. The fraction of sp³-hybridized carbons (Fsp3) is 0.462. The SMILES string of the molecule is CC(F)c1cc(C2(CC(=O)O)CC2)ccc1O. The van der Waals surface area contributed by atoms with Crippen molar-refractivity contribution >= 4 is 5.97 Å². The van der Waals surface area contributed by atoms with Crippen LogP contribution in [0.2, 0.25) is 0 Å². The van der Waals surface area contributed by atoms with E-state index in [9.17, 15) is 14.3 Å². The summed E-state index contributed by atoms with van der Waals surface area (Å²) in [6.07, 6.45) is 0.433. The van der Waals surface area contributed by atoms with Crippen LogP contribution in [0.3, 0.4) is 0 Å². The number of hydrogen-bond donors (Lipinski definition) is 2. The fourth-order valence-corrected chi connectivity index (χ4v) is 2.21. The number of aliphatic carboxylic acids is 1. The van der Waals surface area contributed by atoms with Crippen LogP contribution >= 0.6 is 0 Å². The van der Waals surface area contributed by atoms with Crippen molar-refractivity contribution in [3.8, 4) is 5.75 Å². The van der Waals surface area contributed by atoms with Crippen molar-refractivity contribution < 1.29 is 19.4 Å². The molecule has 0 heterocycles. The molecule has 0 radical (unpaired) electrons. The Morgan fingerprint density at radius 2 is 2.18 bits per heavy atom. The maximum atomic E-state index is 13.3. The summed E-state index contributed by atoms with van der Waals surface area (Å²) < 4.78 is 13.3. The third kappa shape index (κ3) is 2.25. The lowest BCUT2D eigenvalue weighted by molar-refractivity contribution is -0.137. The van der Waals surface area contributed by atoms with Gasteiger partial charge in [-0.05, 0) is 37.5 Å². The van der Waals surface area contributed by atoms with Crippen molar-refractivity contribution in [2.75, 3.05) is 0 Å². The number of aromatic hydroxyl groups is 1. The van der Waals surface area contributed by atoms with Crippen LogP contribution in [0.4, 0.5) is 4.39 Å². The second-order valence-corrected chi connectivity index (χ2v) is 4.74. The number of halogens is 1. The average molecular weight is 238 g/mol. The van der Waals surface area contributed by atoms with Crippen molar-refractivity contribution in [1.29, 1.82) is 0 Å². The number of phenolic OH excluding ortho intramolecular Hbond substituents is 1. The second-order valence-electron chi connectivity index (χ2n) is 4.74. The molecule has 1 aromatic carbocycles. The molecule has 1 aromatic rings. The number of carboxylic acid groups (broad SMARTS) is 1. The van der Waals surface area contributed by atoms with Gasteiger partial charge in [0.15, 0.2) is 0 Å². The van der Waals surface area contributed by atoms with Gasteiger partial charge in [-0.2, -0.15) is 0 Å². The van der Waals surface area contributed by atoms with Gasteiger partial charge >= 0.3 is 5.97 Å². The van der Waals surface area contributed by atoms with Crippen LogP contribution in [-0.4, -0.2) is 16.2 Å². The highest BCUT2D eigenvalue weighted by atomic mass is 19.1. The van der Waals surface area contributed by atoms with Crippen LogP contribution in [0, 0.1) is 0 Å². The van der Waals surface area contributed by atoms with Crippen LogP contribution in [0.25, 0.3) is 0 Å². The molecule has 92 valence electrons. The second kappa shape index (κ2) is 4.02. The van der Waals surface area contributed by atoms with E-state index in [0.717, 1.165) is 18.4 Å². The van der Waals surface area contributed by atoms with E-state index >= 15 is 0 Å². The number of rotatable bonds is 4. The summed E-state index contributed by atoms with van der Waals surface area (Å²) in [5, 5.41) is 18.4. The van der Waals surface area contributed by atoms with E-state index in [-0.39, 0.29) is 23.1 Å². The summed E-state index contributed by atoms with van der Waals surface area (Å²) in [6.45, 7) is 1.36. The molecule has 2 N–H and O–H groups in total. The van der Waals surface area contributed by atoms with E-state index < -0.39 is 12.1 Å². The van der Waals surface area contributed by atoms with Gasteiger partial charge in [0.2, 0.25) is 0 Å². The molecule has 17 heavy (non-hydrogen) atoms. The lowest BCUT2D eigenvalue weighted by Crippen LogP contribution is -2.13. The van der Waals surface area contributed by atoms with Crippen LogP contribution in [0.5, 0.6) is 5.75 Å². The van der Waals surface area contributed by atoms with E-state index in [0.29, 0.717) is 0 Å². The minimum Gasteiger partial charge on any atom is -0.508 e. The Balaban J connectivity index is 2.34. The molecule has 1 aliphatic rings. The molecule has 1 fully saturated rings. The normalized spacial score (nSPS) is 18.7. The molecule has 0 aliphatic heterocycles. The maximum absolute atomic E-state index is 13.3. The molecular weight excluding hydrogens is 223 g/mol. The van der Waals surface area contributed by atoms with Gasteiger partial charge in [0.25, 0.3) is 0 Å². The first kappa shape index (κ1) is 11.9. The van der Waals surface area contributed by atoms with Gasteiger partial charge in [-0.3, -0.25) is 4.79 Å². The first-order chi connectivity index (χ1) is 7.94. The van der Waals surface area contributed by atoms with E-state index in [1.165, 1.54) is 13.0 Å². The zero-order valence-electron chi connectivity index (χ0n) is 9.61. The molecular formula is C13H15FO3. The molecule has 2 rings (SSSR count). The monoisotopic (exact) mass is 238 g/mol. The lowest BCUT2D eigenvalue weighted by Gasteiger charge is -2.15. The Morgan fingerprint density at radius 3 is 2.65 bits per heavy atom. The van der Waals surface area contributed by atoms with E-state index in [4.69, 9.17) is 5.11 Å². The van der Waals surface area contributed by atoms with Gasteiger partial charge in [0, 0.05) is 11.0 Å². The highest BCUT2D eigenvalue weighted by Gasteiger charge is 2.46. The third-order valence-electron chi connectivity index (χ3n) is 3.41. The summed E-state index contributed by atoms with van der Waals surface area (Å²) in [7, 11) is 0. The summed E-state index contributed by atoms with van der Waals surface area (Å²) >= 11 is 0. The predicted octanol–water partition coefficient (Wildman–Crippen LogP) is 2.93. The van der Waals surface area contributed by atoms with Gasteiger partial charge in [0.05, 0.1) is 6.42 Å². The van der Waals surface area contributed by atoms with Crippen molar-refractivity contribution in [3.63, 3.8) is 0 Å². The van der Waals surface area contributed by atoms with Gasteiger partial charge in [-0.15, -0.1) is 0 Å². The molecule has 0 saturated heterocycles. The molecule has 1 aliphatic carbocycles. The van der Waals surface area contributed by atoms with Crippen molar-refractivity contribution in [3.05, 3.63) is 29.3 Å². The number of carboxylic acids is 1. The van der Waals surface area contributed by atoms with Crippen LogP contribution in [0.1, 0.15) is 43.5 Å². The van der Waals surface area contributed by atoms with Gasteiger partial charge < -0.3 is 10.2 Å². The fourth-order valence-electron chi connectivity index (χ4n) is 2.21.